The van der Waals surface area contributed by atoms with Crippen molar-refractivity contribution >= 4 is 46.2 Å². The van der Waals surface area contributed by atoms with Crippen LogP contribution in [0.2, 0.25) is 0 Å². The van der Waals surface area contributed by atoms with Crippen molar-refractivity contribution in [2.75, 3.05) is 0 Å². The smallest absolute Gasteiger partial charge is 0.308 e. The van der Waals surface area contributed by atoms with Crippen molar-refractivity contribution in [3.8, 4) is 11.5 Å². The summed E-state index contributed by atoms with van der Waals surface area (Å²) in [5.41, 5.74) is 0. The van der Waals surface area contributed by atoms with Gasteiger partial charge in [-0.1, -0.05) is 84.2 Å². The fourth-order valence-electron chi connectivity index (χ4n) is 3.22. The first-order valence-corrected chi connectivity index (χ1v) is 11.6. The highest BCUT2D eigenvalue weighted by Gasteiger charge is 2.25. The second kappa shape index (κ2) is 9.94. The van der Waals surface area contributed by atoms with Crippen LogP contribution in [0.5, 0.6) is 11.5 Å². The van der Waals surface area contributed by atoms with Gasteiger partial charge in [0, 0.05) is 34.4 Å². The molecule has 0 N–H and O–H groups in total. The first-order valence-electron chi connectivity index (χ1n) is 9.94. The Morgan fingerprint density at radius 2 is 0.906 bits per heavy atom. The lowest BCUT2D eigenvalue weighted by Crippen LogP contribution is -2.07. The lowest BCUT2D eigenvalue weighted by Gasteiger charge is -2.20. The molecular weight excluding hydrogens is 440 g/mol. The summed E-state index contributed by atoms with van der Waals surface area (Å²) in [4.78, 5) is 27.5. The van der Waals surface area contributed by atoms with Crippen LogP contribution < -0.4 is 9.47 Å². The summed E-state index contributed by atoms with van der Waals surface area (Å²) in [7, 11) is 0. The number of rotatable bonds is 6. The zero-order valence-electron chi connectivity index (χ0n) is 17.5. The standard InChI is InChI=1S/C26H20O4S2/c1-17(27)29-23-21-15-9-10-16-22(21)24(30-18(2)28)26(32-20-13-7-4-8-14-20)25(23)31-19-11-5-3-6-12-19/h3-16H,1-2H3. The van der Waals surface area contributed by atoms with Crippen LogP contribution in [0.3, 0.4) is 0 Å². The van der Waals surface area contributed by atoms with E-state index in [0.29, 0.717) is 22.3 Å². The van der Waals surface area contributed by atoms with Gasteiger partial charge in [-0.3, -0.25) is 9.59 Å². The highest BCUT2D eigenvalue weighted by atomic mass is 32.2. The number of fused-ring (bicyclic) bond motifs is 1. The maximum Gasteiger partial charge on any atom is 0.308 e. The van der Waals surface area contributed by atoms with E-state index in [1.165, 1.54) is 37.4 Å². The van der Waals surface area contributed by atoms with Gasteiger partial charge >= 0.3 is 11.9 Å². The van der Waals surface area contributed by atoms with Crippen LogP contribution in [-0.2, 0) is 9.59 Å². The number of hydrogen-bond donors (Lipinski definition) is 0. The summed E-state index contributed by atoms with van der Waals surface area (Å²) in [6.07, 6.45) is 0. The molecule has 0 amide bonds. The Bertz CT molecular complexity index is 1170. The minimum Gasteiger partial charge on any atom is -0.425 e. The van der Waals surface area contributed by atoms with Crippen LogP contribution in [0.1, 0.15) is 13.8 Å². The molecule has 0 fully saturated rings. The molecule has 0 unspecified atom stereocenters. The van der Waals surface area contributed by atoms with Crippen LogP contribution in [0.15, 0.2) is 105 Å². The lowest BCUT2D eigenvalue weighted by atomic mass is 10.1. The van der Waals surface area contributed by atoms with Crippen molar-refractivity contribution < 1.29 is 19.1 Å². The number of ether oxygens (including phenoxy) is 2. The third-order valence-electron chi connectivity index (χ3n) is 4.45. The molecule has 0 aliphatic rings. The van der Waals surface area contributed by atoms with Crippen molar-refractivity contribution in [2.24, 2.45) is 0 Å². The molecule has 4 rings (SSSR count). The van der Waals surface area contributed by atoms with Gasteiger partial charge in [0.1, 0.15) is 0 Å². The van der Waals surface area contributed by atoms with Crippen LogP contribution in [0.25, 0.3) is 10.8 Å². The van der Waals surface area contributed by atoms with Gasteiger partial charge in [-0.2, -0.15) is 0 Å². The molecule has 0 bridgehead atoms. The Morgan fingerprint density at radius 1 is 0.562 bits per heavy atom. The highest BCUT2D eigenvalue weighted by molar-refractivity contribution is 8.02. The highest BCUT2D eigenvalue weighted by Crippen LogP contribution is 2.53. The fraction of sp³-hybridized carbons (Fsp3) is 0.0769. The Labute approximate surface area is 194 Å². The van der Waals surface area contributed by atoms with E-state index in [0.717, 1.165) is 19.6 Å². The van der Waals surface area contributed by atoms with Crippen LogP contribution in [0, 0.1) is 0 Å². The molecule has 0 radical (unpaired) electrons. The SMILES string of the molecule is CC(=O)Oc1c(Sc2ccccc2)c(Sc2ccccc2)c(OC(C)=O)c2ccccc12. The first kappa shape index (κ1) is 22.0. The Balaban J connectivity index is 2.04. The van der Waals surface area contributed by atoms with E-state index < -0.39 is 11.9 Å². The Morgan fingerprint density at radius 3 is 1.25 bits per heavy atom. The fourth-order valence-corrected chi connectivity index (χ4v) is 5.39. The van der Waals surface area contributed by atoms with Crippen molar-refractivity contribution in [3.63, 3.8) is 0 Å². The average molecular weight is 461 g/mol. The first-order chi connectivity index (χ1) is 15.5. The van der Waals surface area contributed by atoms with Crippen molar-refractivity contribution in [2.45, 2.75) is 33.4 Å². The van der Waals surface area contributed by atoms with E-state index >= 15 is 0 Å². The zero-order valence-corrected chi connectivity index (χ0v) is 19.2. The van der Waals surface area contributed by atoms with Crippen LogP contribution in [-0.4, -0.2) is 11.9 Å². The molecule has 0 heterocycles. The monoisotopic (exact) mass is 460 g/mol. The summed E-state index contributed by atoms with van der Waals surface area (Å²) >= 11 is 2.94. The van der Waals surface area contributed by atoms with E-state index in [-0.39, 0.29) is 0 Å². The quantitative estimate of drug-likeness (QED) is 0.228. The summed E-state index contributed by atoms with van der Waals surface area (Å²) < 4.78 is 11.5. The summed E-state index contributed by atoms with van der Waals surface area (Å²) in [5, 5.41) is 1.41. The summed E-state index contributed by atoms with van der Waals surface area (Å²) in [5.74, 6) is 0.0782. The van der Waals surface area contributed by atoms with Gasteiger partial charge in [0.15, 0.2) is 11.5 Å². The molecule has 160 valence electrons. The predicted molar refractivity (Wildman–Crippen MR) is 128 cm³/mol. The average Bonchev–Trinajstić information content (AvgIpc) is 2.79. The summed E-state index contributed by atoms with van der Waals surface area (Å²) in [6.45, 7) is 2.77. The number of benzene rings is 4. The summed E-state index contributed by atoms with van der Waals surface area (Å²) in [6, 6.07) is 27.1. The topological polar surface area (TPSA) is 52.6 Å². The maximum atomic E-state index is 12.1. The van der Waals surface area contributed by atoms with E-state index in [1.807, 2.05) is 84.9 Å². The normalized spacial score (nSPS) is 10.7. The molecule has 0 aromatic heterocycles. The molecule has 0 spiro atoms. The van der Waals surface area contributed by atoms with E-state index in [4.69, 9.17) is 9.47 Å². The number of hydrogen-bond acceptors (Lipinski definition) is 6. The molecule has 4 aromatic rings. The molecule has 4 nitrogen and oxygen atoms in total. The van der Waals surface area contributed by atoms with E-state index in [9.17, 15) is 9.59 Å². The van der Waals surface area contributed by atoms with Gasteiger partial charge in [0.2, 0.25) is 0 Å². The van der Waals surface area contributed by atoms with Crippen molar-refractivity contribution in [1.82, 2.24) is 0 Å². The van der Waals surface area contributed by atoms with Gasteiger partial charge in [-0.25, -0.2) is 0 Å². The van der Waals surface area contributed by atoms with Gasteiger partial charge in [0.25, 0.3) is 0 Å². The number of esters is 2. The van der Waals surface area contributed by atoms with E-state index in [2.05, 4.69) is 0 Å². The number of carbonyl (C=O) groups excluding carboxylic acids is 2. The third-order valence-corrected chi connectivity index (χ3v) is 6.79. The second-order valence-electron chi connectivity index (χ2n) is 6.88. The molecule has 0 atom stereocenters. The molecule has 32 heavy (non-hydrogen) atoms. The molecule has 0 aliphatic carbocycles. The second-order valence-corrected chi connectivity index (χ2v) is 9.05. The van der Waals surface area contributed by atoms with E-state index in [1.54, 1.807) is 0 Å². The van der Waals surface area contributed by atoms with Crippen molar-refractivity contribution in [3.05, 3.63) is 84.9 Å². The molecule has 0 aliphatic heterocycles. The van der Waals surface area contributed by atoms with Crippen LogP contribution in [0.4, 0.5) is 0 Å². The minimum absolute atomic E-state index is 0.416. The molecule has 6 heteroatoms. The molecule has 4 aromatic carbocycles. The van der Waals surface area contributed by atoms with Crippen molar-refractivity contribution in [1.29, 1.82) is 0 Å². The maximum absolute atomic E-state index is 12.1. The predicted octanol–water partition coefficient (Wildman–Crippen LogP) is 6.99. The number of carbonyl (C=O) groups is 2. The third kappa shape index (κ3) is 4.98. The molecular formula is C26H20O4S2. The molecule has 0 saturated carbocycles. The largest absolute Gasteiger partial charge is 0.425 e. The minimum atomic E-state index is -0.416. The Kier molecular flexibility index (Phi) is 6.83. The molecule has 0 saturated heterocycles. The lowest BCUT2D eigenvalue weighted by molar-refractivity contribution is -0.133. The Hall–Kier alpha value is -3.22. The van der Waals surface area contributed by atoms with Gasteiger partial charge in [-0.15, -0.1) is 0 Å². The van der Waals surface area contributed by atoms with Crippen LogP contribution >= 0.6 is 23.5 Å². The van der Waals surface area contributed by atoms with Gasteiger partial charge in [-0.05, 0) is 24.3 Å². The van der Waals surface area contributed by atoms with Gasteiger partial charge < -0.3 is 9.47 Å². The van der Waals surface area contributed by atoms with Gasteiger partial charge in [0.05, 0.1) is 9.79 Å². The zero-order chi connectivity index (χ0) is 22.5.